The highest BCUT2D eigenvalue weighted by Gasteiger charge is 2.64. The summed E-state index contributed by atoms with van der Waals surface area (Å²) in [6.45, 7) is 0.656. The van der Waals surface area contributed by atoms with E-state index in [1.54, 1.807) is 0 Å². The first-order valence-electron chi connectivity index (χ1n) is 6.03. The molecule has 92 valence electrons. The molecule has 0 amide bonds. The van der Waals surface area contributed by atoms with Crippen molar-refractivity contribution in [3.63, 3.8) is 0 Å². The molecule has 0 aromatic carbocycles. The van der Waals surface area contributed by atoms with Crippen LogP contribution in [0.2, 0.25) is 0 Å². The van der Waals surface area contributed by atoms with E-state index in [0.29, 0.717) is 19.4 Å². The van der Waals surface area contributed by atoms with Gasteiger partial charge in [-0.2, -0.15) is 0 Å². The van der Waals surface area contributed by atoms with Gasteiger partial charge in [0.15, 0.2) is 6.29 Å². The maximum absolute atomic E-state index is 10.3. The molecule has 5 heteroatoms. The van der Waals surface area contributed by atoms with Crippen LogP contribution in [0.25, 0.3) is 0 Å². The van der Waals surface area contributed by atoms with Crippen molar-refractivity contribution in [1.29, 1.82) is 0 Å². The summed E-state index contributed by atoms with van der Waals surface area (Å²) < 4.78 is 16.3. The highest BCUT2D eigenvalue weighted by Crippen LogP contribution is 2.49. The smallest absolute Gasteiger partial charge is 0.225 e. The Labute approximate surface area is 94.3 Å². The number of ether oxygens (including phenoxy) is 3. The molecule has 4 unspecified atom stereocenters. The second-order valence-corrected chi connectivity index (χ2v) is 4.97. The minimum Gasteiger partial charge on any atom is -0.361 e. The van der Waals surface area contributed by atoms with Crippen molar-refractivity contribution in [1.82, 2.24) is 0 Å². The summed E-state index contributed by atoms with van der Waals surface area (Å²) in [5.41, 5.74) is 0. The Bertz CT molecular complexity index is 278. The summed E-state index contributed by atoms with van der Waals surface area (Å²) in [5, 5.41) is 20.5. The predicted molar refractivity (Wildman–Crippen MR) is 53.3 cm³/mol. The molecule has 3 heterocycles. The Kier molecular flexibility index (Phi) is 2.49. The van der Waals surface area contributed by atoms with Gasteiger partial charge in [-0.3, -0.25) is 0 Å². The number of aliphatic hydroxyl groups is 2. The van der Waals surface area contributed by atoms with Crippen LogP contribution < -0.4 is 0 Å². The van der Waals surface area contributed by atoms with Gasteiger partial charge >= 0.3 is 0 Å². The molecule has 4 atom stereocenters. The van der Waals surface area contributed by atoms with Crippen molar-refractivity contribution < 1.29 is 24.4 Å². The molecule has 16 heavy (non-hydrogen) atoms. The molecule has 3 aliphatic heterocycles. The van der Waals surface area contributed by atoms with Crippen LogP contribution in [0.15, 0.2) is 0 Å². The second-order valence-electron chi connectivity index (χ2n) is 4.97. The van der Waals surface area contributed by atoms with Crippen molar-refractivity contribution in [2.75, 3.05) is 6.61 Å². The highest BCUT2D eigenvalue weighted by molar-refractivity contribution is 5.01. The van der Waals surface area contributed by atoms with E-state index in [-0.39, 0.29) is 6.10 Å². The molecule has 0 aromatic heterocycles. The minimum absolute atomic E-state index is 0.0846. The van der Waals surface area contributed by atoms with Gasteiger partial charge < -0.3 is 24.4 Å². The first-order chi connectivity index (χ1) is 7.61. The van der Waals surface area contributed by atoms with Gasteiger partial charge in [0.25, 0.3) is 0 Å². The molecule has 0 aromatic rings. The molecular weight excluding hydrogens is 212 g/mol. The van der Waals surface area contributed by atoms with E-state index in [2.05, 4.69) is 0 Å². The van der Waals surface area contributed by atoms with Crippen molar-refractivity contribution in [2.24, 2.45) is 0 Å². The molecule has 2 N–H and O–H groups in total. The third kappa shape index (κ3) is 1.58. The van der Waals surface area contributed by atoms with Gasteiger partial charge in [-0.05, 0) is 25.7 Å². The Morgan fingerprint density at radius 1 is 1.19 bits per heavy atom. The van der Waals surface area contributed by atoms with Crippen molar-refractivity contribution in [3.05, 3.63) is 0 Å². The van der Waals surface area contributed by atoms with Crippen LogP contribution in [-0.2, 0) is 14.2 Å². The van der Waals surface area contributed by atoms with Gasteiger partial charge in [-0.1, -0.05) is 0 Å². The topological polar surface area (TPSA) is 68.2 Å². The summed E-state index contributed by atoms with van der Waals surface area (Å²) in [4.78, 5) is 0. The van der Waals surface area contributed by atoms with Crippen molar-refractivity contribution in [3.8, 4) is 0 Å². The first kappa shape index (κ1) is 10.9. The van der Waals surface area contributed by atoms with Gasteiger partial charge in [0.2, 0.25) is 11.6 Å². The molecule has 3 rings (SSSR count). The van der Waals surface area contributed by atoms with Crippen LogP contribution in [-0.4, -0.2) is 40.8 Å². The zero-order valence-corrected chi connectivity index (χ0v) is 9.22. The molecule has 2 bridgehead atoms. The van der Waals surface area contributed by atoms with Crippen LogP contribution in [0.3, 0.4) is 0 Å². The number of hydrogen-bond acceptors (Lipinski definition) is 5. The molecule has 0 spiro atoms. The minimum atomic E-state index is -1.59. The van der Waals surface area contributed by atoms with E-state index < -0.39 is 17.9 Å². The lowest BCUT2D eigenvalue weighted by Crippen LogP contribution is -2.55. The maximum atomic E-state index is 10.3. The summed E-state index contributed by atoms with van der Waals surface area (Å²) >= 11 is 0. The molecule has 3 fully saturated rings. The molecule has 5 nitrogen and oxygen atoms in total. The van der Waals surface area contributed by atoms with Crippen LogP contribution in [0.4, 0.5) is 0 Å². The zero-order valence-electron chi connectivity index (χ0n) is 9.22. The lowest BCUT2D eigenvalue weighted by molar-refractivity contribution is -0.382. The van der Waals surface area contributed by atoms with E-state index in [9.17, 15) is 10.2 Å². The monoisotopic (exact) mass is 230 g/mol. The Hall–Kier alpha value is -0.200. The van der Waals surface area contributed by atoms with Crippen LogP contribution in [0.5, 0.6) is 0 Å². The first-order valence-corrected chi connectivity index (χ1v) is 6.03. The Balaban J connectivity index is 1.69. The van der Waals surface area contributed by atoms with E-state index in [1.165, 1.54) is 0 Å². The van der Waals surface area contributed by atoms with Gasteiger partial charge in [-0.15, -0.1) is 0 Å². The normalized spacial score (nSPS) is 52.1. The zero-order chi connectivity index (χ0) is 11.2. The molecular formula is C11H18O5. The molecule has 3 aliphatic rings. The predicted octanol–water partition coefficient (Wildman–Crippen LogP) is 0.489. The summed E-state index contributed by atoms with van der Waals surface area (Å²) in [7, 11) is 0. The highest BCUT2D eigenvalue weighted by atomic mass is 16.8. The summed E-state index contributed by atoms with van der Waals surface area (Å²) in [5.74, 6) is -3.11. The molecule has 0 radical (unpaired) electrons. The Morgan fingerprint density at radius 2 is 2.06 bits per heavy atom. The lowest BCUT2D eigenvalue weighted by Gasteiger charge is -2.39. The van der Waals surface area contributed by atoms with Gasteiger partial charge in [0.05, 0.1) is 6.10 Å². The molecule has 3 saturated heterocycles. The number of fused-ring (bicyclic) bond motifs is 2. The molecule has 0 saturated carbocycles. The fraction of sp³-hybridized carbons (Fsp3) is 1.00. The SMILES string of the molecule is OC12CCC(CC1(O)OC1CCCCO1)O2. The van der Waals surface area contributed by atoms with Gasteiger partial charge in [-0.25, -0.2) is 0 Å². The average molecular weight is 230 g/mol. The van der Waals surface area contributed by atoms with Crippen molar-refractivity contribution >= 4 is 0 Å². The third-order valence-electron chi connectivity index (χ3n) is 3.75. The van der Waals surface area contributed by atoms with Crippen LogP contribution in [0.1, 0.15) is 38.5 Å². The van der Waals surface area contributed by atoms with E-state index in [1.807, 2.05) is 0 Å². The maximum Gasteiger partial charge on any atom is 0.225 e. The summed E-state index contributed by atoms with van der Waals surface area (Å²) in [6, 6.07) is 0. The van der Waals surface area contributed by atoms with Crippen LogP contribution >= 0.6 is 0 Å². The van der Waals surface area contributed by atoms with E-state index >= 15 is 0 Å². The fourth-order valence-electron chi connectivity index (χ4n) is 2.81. The molecule has 0 aliphatic carbocycles. The third-order valence-corrected chi connectivity index (χ3v) is 3.75. The Morgan fingerprint density at radius 3 is 2.62 bits per heavy atom. The second kappa shape index (κ2) is 3.65. The average Bonchev–Trinajstić information content (AvgIpc) is 2.72. The van der Waals surface area contributed by atoms with E-state index in [0.717, 1.165) is 25.7 Å². The van der Waals surface area contributed by atoms with Crippen LogP contribution in [0, 0.1) is 0 Å². The van der Waals surface area contributed by atoms with E-state index in [4.69, 9.17) is 14.2 Å². The number of hydrogen-bond donors (Lipinski definition) is 2. The fourth-order valence-corrected chi connectivity index (χ4v) is 2.81. The number of rotatable bonds is 2. The van der Waals surface area contributed by atoms with Crippen molar-refractivity contribution in [2.45, 2.75) is 62.5 Å². The summed E-state index contributed by atoms with van der Waals surface area (Å²) in [6.07, 6.45) is 3.89. The van der Waals surface area contributed by atoms with Gasteiger partial charge in [0, 0.05) is 19.4 Å². The quantitative estimate of drug-likeness (QED) is 0.676. The standard InChI is InChI=1S/C11H18O5/c12-10-5-4-8(15-10)7-11(10,13)16-9-3-1-2-6-14-9/h8-9,12-13H,1-7H2. The lowest BCUT2D eigenvalue weighted by atomic mass is 9.91. The van der Waals surface area contributed by atoms with Gasteiger partial charge in [0.1, 0.15) is 0 Å². The largest absolute Gasteiger partial charge is 0.361 e.